The minimum atomic E-state index is -1.19. The number of rotatable bonds is 7. The summed E-state index contributed by atoms with van der Waals surface area (Å²) in [6, 6.07) is 15.5. The molecule has 2 aromatic carbocycles. The molecule has 0 saturated carbocycles. The van der Waals surface area contributed by atoms with E-state index in [4.69, 9.17) is 9.72 Å². The van der Waals surface area contributed by atoms with Gasteiger partial charge in [-0.2, -0.15) is 0 Å². The molecule has 188 valence electrons. The predicted octanol–water partition coefficient (Wildman–Crippen LogP) is 3.31. The van der Waals surface area contributed by atoms with E-state index in [2.05, 4.69) is 4.98 Å². The highest BCUT2D eigenvalue weighted by molar-refractivity contribution is 6.11. The van der Waals surface area contributed by atoms with Crippen molar-refractivity contribution < 1.29 is 19.1 Å². The average Bonchev–Trinajstić information content (AvgIpc) is 3.42. The number of amides is 3. The minimum absolute atomic E-state index is 0.00696. The molecule has 3 amide bonds. The Morgan fingerprint density at radius 3 is 2.72 bits per heavy atom. The Hall–Kier alpha value is -3.52. The van der Waals surface area contributed by atoms with E-state index in [1.807, 2.05) is 60.4 Å². The second-order valence-electron chi connectivity index (χ2n) is 9.91. The quantitative estimate of drug-likeness (QED) is 0.515. The molecule has 0 radical (unpaired) electrons. The monoisotopic (exact) mass is 488 g/mol. The lowest BCUT2D eigenvalue weighted by Crippen LogP contribution is -2.46. The topological polar surface area (TPSA) is 95.6 Å². The number of aryl methyl sites for hydroxylation is 1. The molecule has 8 heteroatoms. The van der Waals surface area contributed by atoms with Gasteiger partial charge in [0.15, 0.2) is 0 Å². The summed E-state index contributed by atoms with van der Waals surface area (Å²) >= 11 is 0. The van der Waals surface area contributed by atoms with Crippen molar-refractivity contribution in [3.8, 4) is 0 Å². The lowest BCUT2D eigenvalue weighted by atomic mass is 9.73. The molecule has 0 unspecified atom stereocenters. The Morgan fingerprint density at radius 2 is 1.94 bits per heavy atom. The third kappa shape index (κ3) is 4.30. The van der Waals surface area contributed by atoms with E-state index in [1.54, 1.807) is 0 Å². The molecule has 36 heavy (non-hydrogen) atoms. The molecule has 1 aromatic heterocycles. The van der Waals surface area contributed by atoms with Crippen molar-refractivity contribution in [3.05, 3.63) is 65.5 Å². The third-order valence-corrected chi connectivity index (χ3v) is 7.61. The third-order valence-electron chi connectivity index (χ3n) is 7.61. The number of nitrogens with zero attached hydrogens (tertiary/aromatic N) is 3. The molecule has 0 bridgehead atoms. The Labute approximate surface area is 210 Å². The first-order valence-electron chi connectivity index (χ1n) is 12.6. The first-order valence-corrected chi connectivity index (χ1v) is 12.6. The Kier molecular flexibility index (Phi) is 6.62. The zero-order valence-corrected chi connectivity index (χ0v) is 20.8. The van der Waals surface area contributed by atoms with Crippen molar-refractivity contribution in [2.75, 3.05) is 33.4 Å². The van der Waals surface area contributed by atoms with E-state index >= 15 is 0 Å². The number of likely N-dealkylation sites (tertiary alicyclic amines) is 2. The molecule has 3 heterocycles. The zero-order valence-electron chi connectivity index (χ0n) is 20.8. The molecular weight excluding hydrogens is 456 g/mol. The molecular formula is C28H32N4O4. The standard InChI is InChI=1S/C28H32N4O4/c1-19-8-3-4-10-21(19)28(17-25(34)32(27(28)35)14-15-36-2)16-24(33)31-13-7-9-20(18-31)26-29-22-11-5-6-12-23(22)30-26/h3-6,8,10-12,20H,7,9,13-18H2,1-2H3,(H,29,30)/t20-,28-/m1/s1. The van der Waals surface area contributed by atoms with Crippen LogP contribution in [0.15, 0.2) is 48.5 Å². The number of piperidine rings is 1. The first kappa shape index (κ1) is 24.2. The van der Waals surface area contributed by atoms with Crippen LogP contribution in [-0.4, -0.2) is 70.8 Å². The molecule has 2 atom stereocenters. The smallest absolute Gasteiger partial charge is 0.240 e. The van der Waals surface area contributed by atoms with Gasteiger partial charge in [0.25, 0.3) is 0 Å². The molecule has 0 aliphatic carbocycles. The summed E-state index contributed by atoms with van der Waals surface area (Å²) in [5.74, 6) is 0.322. The number of imidazole rings is 1. The number of hydrogen-bond donors (Lipinski definition) is 1. The highest BCUT2D eigenvalue weighted by Gasteiger charge is 2.54. The maximum atomic E-state index is 13.8. The summed E-state index contributed by atoms with van der Waals surface area (Å²) in [6.07, 6.45) is 1.76. The fourth-order valence-electron chi connectivity index (χ4n) is 5.73. The number of H-pyrrole nitrogens is 1. The summed E-state index contributed by atoms with van der Waals surface area (Å²) in [6.45, 7) is 3.55. The van der Waals surface area contributed by atoms with Crippen LogP contribution in [0.3, 0.4) is 0 Å². The van der Waals surface area contributed by atoms with Crippen LogP contribution in [0.5, 0.6) is 0 Å². The lowest BCUT2D eigenvalue weighted by Gasteiger charge is -2.35. The SMILES string of the molecule is COCCN1C(=O)C[C@](CC(=O)N2CCC[C@@H](c3nc4ccccc4[nH]3)C2)(c2ccccc2C)C1=O. The Balaban J connectivity index is 1.41. The molecule has 2 aliphatic heterocycles. The number of nitrogens with one attached hydrogen (secondary N) is 1. The Morgan fingerprint density at radius 1 is 1.17 bits per heavy atom. The molecule has 3 aromatic rings. The number of aromatic nitrogens is 2. The van der Waals surface area contributed by atoms with Gasteiger partial charge in [-0.3, -0.25) is 19.3 Å². The van der Waals surface area contributed by atoms with Gasteiger partial charge < -0.3 is 14.6 Å². The van der Waals surface area contributed by atoms with E-state index in [-0.39, 0.29) is 49.6 Å². The predicted molar refractivity (Wildman–Crippen MR) is 135 cm³/mol. The van der Waals surface area contributed by atoms with Gasteiger partial charge in [0.2, 0.25) is 17.7 Å². The minimum Gasteiger partial charge on any atom is -0.383 e. The number of fused-ring (bicyclic) bond motifs is 1. The zero-order chi connectivity index (χ0) is 25.3. The van der Waals surface area contributed by atoms with Crippen molar-refractivity contribution in [2.45, 2.75) is 43.9 Å². The van der Waals surface area contributed by atoms with Crippen molar-refractivity contribution in [1.29, 1.82) is 0 Å². The summed E-state index contributed by atoms with van der Waals surface area (Å²) in [7, 11) is 1.54. The van der Waals surface area contributed by atoms with Crippen LogP contribution >= 0.6 is 0 Å². The van der Waals surface area contributed by atoms with Gasteiger partial charge in [-0.05, 0) is 43.0 Å². The van der Waals surface area contributed by atoms with Gasteiger partial charge >= 0.3 is 0 Å². The lowest BCUT2D eigenvalue weighted by molar-refractivity contribution is -0.143. The van der Waals surface area contributed by atoms with Crippen LogP contribution in [0.25, 0.3) is 11.0 Å². The summed E-state index contributed by atoms with van der Waals surface area (Å²) in [5, 5.41) is 0. The number of aromatic amines is 1. The molecule has 2 saturated heterocycles. The number of benzene rings is 2. The van der Waals surface area contributed by atoms with Crippen LogP contribution < -0.4 is 0 Å². The van der Waals surface area contributed by atoms with Crippen LogP contribution in [0.1, 0.15) is 48.6 Å². The van der Waals surface area contributed by atoms with Crippen molar-refractivity contribution in [1.82, 2.24) is 19.8 Å². The van der Waals surface area contributed by atoms with Crippen LogP contribution in [0.2, 0.25) is 0 Å². The largest absolute Gasteiger partial charge is 0.383 e. The molecule has 8 nitrogen and oxygen atoms in total. The highest BCUT2D eigenvalue weighted by atomic mass is 16.5. The van der Waals surface area contributed by atoms with Gasteiger partial charge in [0.1, 0.15) is 5.82 Å². The molecule has 5 rings (SSSR count). The molecule has 2 aliphatic rings. The van der Waals surface area contributed by atoms with E-state index in [0.29, 0.717) is 13.1 Å². The van der Waals surface area contributed by atoms with Gasteiger partial charge in [-0.1, -0.05) is 36.4 Å². The fourth-order valence-corrected chi connectivity index (χ4v) is 5.73. The number of carbonyl (C=O) groups is 3. The van der Waals surface area contributed by atoms with E-state index in [9.17, 15) is 14.4 Å². The maximum Gasteiger partial charge on any atom is 0.240 e. The molecule has 0 spiro atoms. The van der Waals surface area contributed by atoms with E-state index in [0.717, 1.165) is 40.8 Å². The number of ether oxygens (including phenoxy) is 1. The van der Waals surface area contributed by atoms with Gasteiger partial charge in [0.05, 0.1) is 29.6 Å². The van der Waals surface area contributed by atoms with Crippen molar-refractivity contribution >= 4 is 28.8 Å². The number of hydrogen-bond acceptors (Lipinski definition) is 5. The second-order valence-corrected chi connectivity index (χ2v) is 9.91. The first-order chi connectivity index (χ1) is 17.4. The van der Waals surface area contributed by atoms with Crippen LogP contribution in [0, 0.1) is 6.92 Å². The van der Waals surface area contributed by atoms with Crippen LogP contribution in [0.4, 0.5) is 0 Å². The normalized spacial score (nSPS) is 22.6. The number of imide groups is 1. The fraction of sp³-hybridized carbons (Fsp3) is 0.429. The Bertz CT molecular complexity index is 1270. The summed E-state index contributed by atoms with van der Waals surface area (Å²) < 4.78 is 5.12. The van der Waals surface area contributed by atoms with Gasteiger partial charge in [0, 0.05) is 39.0 Å². The number of carbonyl (C=O) groups excluding carboxylic acids is 3. The average molecular weight is 489 g/mol. The highest BCUT2D eigenvalue weighted by Crippen LogP contribution is 2.42. The van der Waals surface area contributed by atoms with Gasteiger partial charge in [-0.25, -0.2) is 4.98 Å². The molecule has 1 N–H and O–H groups in total. The summed E-state index contributed by atoms with van der Waals surface area (Å²) in [4.78, 5) is 51.8. The van der Waals surface area contributed by atoms with E-state index in [1.165, 1.54) is 12.0 Å². The maximum absolute atomic E-state index is 13.8. The van der Waals surface area contributed by atoms with Crippen LogP contribution in [-0.2, 0) is 24.5 Å². The summed E-state index contributed by atoms with van der Waals surface area (Å²) in [5.41, 5.74) is 2.36. The van der Waals surface area contributed by atoms with Crippen molar-refractivity contribution in [3.63, 3.8) is 0 Å². The molecule has 2 fully saturated rings. The number of para-hydroxylation sites is 2. The van der Waals surface area contributed by atoms with Crippen molar-refractivity contribution in [2.24, 2.45) is 0 Å². The number of methoxy groups -OCH3 is 1. The second kappa shape index (κ2) is 9.85. The van der Waals surface area contributed by atoms with E-state index < -0.39 is 5.41 Å². The van der Waals surface area contributed by atoms with Gasteiger partial charge in [-0.15, -0.1) is 0 Å².